The van der Waals surface area contributed by atoms with Crippen LogP contribution in [-0.4, -0.2) is 22.2 Å². The molecular weight excluding hydrogens is 207 g/mol. The fourth-order valence-electron chi connectivity index (χ4n) is 1.37. The second-order valence-corrected chi connectivity index (χ2v) is 3.27. The molecule has 1 aromatic carbocycles. The van der Waals surface area contributed by atoms with E-state index in [1.165, 1.54) is 12.3 Å². The molecule has 1 N–H and O–H groups in total. The molecule has 0 bridgehead atoms. The van der Waals surface area contributed by atoms with Crippen LogP contribution in [0.1, 0.15) is 5.82 Å². The first kappa shape index (κ1) is 10.6. The summed E-state index contributed by atoms with van der Waals surface area (Å²) in [4.78, 5) is 4.22. The van der Waals surface area contributed by atoms with Gasteiger partial charge in [0.25, 0.3) is 0 Å². The molecule has 2 aromatic rings. The molecule has 0 amide bonds. The van der Waals surface area contributed by atoms with Crippen molar-refractivity contribution in [2.45, 2.75) is 6.54 Å². The smallest absolute Gasteiger partial charge is 0.165 e. The van der Waals surface area contributed by atoms with Crippen LogP contribution in [0, 0.1) is 5.82 Å². The van der Waals surface area contributed by atoms with Crippen molar-refractivity contribution in [3.05, 3.63) is 42.1 Å². The molecule has 82 valence electrons. The highest BCUT2D eigenvalue weighted by Crippen LogP contribution is 2.18. The Hall–Kier alpha value is -1.88. The highest BCUT2D eigenvalue weighted by atomic mass is 19.1. The van der Waals surface area contributed by atoms with Crippen molar-refractivity contribution in [3.63, 3.8) is 0 Å². The average molecular weight is 218 g/mol. The monoisotopic (exact) mass is 218 g/mol. The van der Waals surface area contributed by atoms with Crippen LogP contribution in [0.15, 0.2) is 30.5 Å². The zero-order valence-electron chi connectivity index (χ0n) is 8.81. The third-order valence-corrected chi connectivity index (χ3v) is 2.09. The highest BCUT2D eigenvalue weighted by Gasteiger charge is 2.07. The molecule has 0 aliphatic carbocycles. The van der Waals surface area contributed by atoms with Gasteiger partial charge >= 0.3 is 0 Å². The SMILES string of the molecule is CNCc1nncc(-c2ccccc2F)n1. The summed E-state index contributed by atoms with van der Waals surface area (Å²) < 4.78 is 13.5. The zero-order valence-corrected chi connectivity index (χ0v) is 8.81. The number of nitrogens with one attached hydrogen (secondary N) is 1. The fraction of sp³-hybridized carbons (Fsp3) is 0.182. The van der Waals surface area contributed by atoms with Gasteiger partial charge in [-0.25, -0.2) is 9.37 Å². The number of hydrogen-bond acceptors (Lipinski definition) is 4. The Morgan fingerprint density at radius 2 is 2.12 bits per heavy atom. The summed E-state index contributed by atoms with van der Waals surface area (Å²) in [6.45, 7) is 0.509. The van der Waals surface area contributed by atoms with E-state index in [-0.39, 0.29) is 5.82 Å². The van der Waals surface area contributed by atoms with E-state index in [0.717, 1.165) is 0 Å². The largest absolute Gasteiger partial charge is 0.313 e. The summed E-state index contributed by atoms with van der Waals surface area (Å²) >= 11 is 0. The van der Waals surface area contributed by atoms with Crippen LogP contribution in [0.5, 0.6) is 0 Å². The second-order valence-electron chi connectivity index (χ2n) is 3.27. The molecule has 0 radical (unpaired) electrons. The average Bonchev–Trinajstić information content (AvgIpc) is 2.30. The van der Waals surface area contributed by atoms with Crippen LogP contribution in [-0.2, 0) is 6.54 Å². The summed E-state index contributed by atoms with van der Waals surface area (Å²) in [5.74, 6) is 0.238. The lowest BCUT2D eigenvalue weighted by atomic mass is 10.1. The number of aromatic nitrogens is 3. The predicted molar refractivity (Wildman–Crippen MR) is 58.0 cm³/mol. The molecular formula is C11H11FN4. The molecule has 0 spiro atoms. The van der Waals surface area contributed by atoms with Gasteiger partial charge in [0, 0.05) is 5.56 Å². The molecule has 1 heterocycles. The standard InChI is InChI=1S/C11H11FN4/c1-13-7-11-15-10(6-14-16-11)8-4-2-3-5-9(8)12/h2-6,13H,7H2,1H3. The van der Waals surface area contributed by atoms with Crippen LogP contribution in [0.3, 0.4) is 0 Å². The molecule has 0 fully saturated rings. The quantitative estimate of drug-likeness (QED) is 0.846. The number of nitrogens with zero attached hydrogens (tertiary/aromatic N) is 3. The number of rotatable bonds is 3. The topological polar surface area (TPSA) is 50.7 Å². The van der Waals surface area contributed by atoms with Gasteiger partial charge in [0.15, 0.2) is 5.82 Å². The van der Waals surface area contributed by atoms with Gasteiger partial charge in [-0.05, 0) is 19.2 Å². The first-order chi connectivity index (χ1) is 7.81. The van der Waals surface area contributed by atoms with E-state index in [2.05, 4.69) is 20.5 Å². The van der Waals surface area contributed by atoms with Crippen LogP contribution in [0.2, 0.25) is 0 Å². The summed E-state index contributed by atoms with van der Waals surface area (Å²) in [6.07, 6.45) is 1.46. The minimum Gasteiger partial charge on any atom is -0.313 e. The zero-order chi connectivity index (χ0) is 11.4. The van der Waals surface area contributed by atoms with Crippen LogP contribution in [0.25, 0.3) is 11.3 Å². The van der Waals surface area contributed by atoms with Gasteiger partial charge in [0.2, 0.25) is 0 Å². The van der Waals surface area contributed by atoms with Gasteiger partial charge in [0.05, 0.1) is 18.4 Å². The number of halogens is 1. The van der Waals surface area contributed by atoms with Gasteiger partial charge in [-0.3, -0.25) is 0 Å². The summed E-state index contributed by atoms with van der Waals surface area (Å²) in [5, 5.41) is 10.6. The van der Waals surface area contributed by atoms with Crippen molar-refractivity contribution in [3.8, 4) is 11.3 Å². The lowest BCUT2D eigenvalue weighted by Gasteiger charge is -2.03. The first-order valence-electron chi connectivity index (χ1n) is 4.89. The third kappa shape index (κ3) is 2.20. The Bertz CT molecular complexity index is 487. The van der Waals surface area contributed by atoms with Gasteiger partial charge in [-0.2, -0.15) is 5.10 Å². The van der Waals surface area contributed by atoms with E-state index in [9.17, 15) is 4.39 Å². The molecule has 0 unspecified atom stereocenters. The minimum atomic E-state index is -0.307. The Balaban J connectivity index is 2.40. The molecule has 0 saturated heterocycles. The van der Waals surface area contributed by atoms with Gasteiger partial charge in [-0.15, -0.1) is 5.10 Å². The van der Waals surface area contributed by atoms with Gasteiger partial charge in [-0.1, -0.05) is 12.1 Å². The Morgan fingerprint density at radius 3 is 2.88 bits per heavy atom. The van der Waals surface area contributed by atoms with E-state index in [1.54, 1.807) is 25.2 Å². The van der Waals surface area contributed by atoms with Gasteiger partial charge < -0.3 is 5.32 Å². The summed E-state index contributed by atoms with van der Waals surface area (Å²) in [7, 11) is 1.79. The molecule has 16 heavy (non-hydrogen) atoms. The van der Waals surface area contributed by atoms with E-state index in [1.807, 2.05) is 0 Å². The van der Waals surface area contributed by atoms with Gasteiger partial charge in [0.1, 0.15) is 5.82 Å². The number of benzene rings is 1. The Kier molecular flexibility index (Phi) is 3.16. The van der Waals surface area contributed by atoms with Crippen molar-refractivity contribution < 1.29 is 4.39 Å². The second kappa shape index (κ2) is 4.76. The minimum absolute atomic E-state index is 0.307. The van der Waals surface area contributed by atoms with Crippen LogP contribution < -0.4 is 5.32 Å². The van der Waals surface area contributed by atoms with Crippen molar-refractivity contribution in [1.82, 2.24) is 20.5 Å². The molecule has 2 rings (SSSR count). The maximum absolute atomic E-state index is 13.5. The van der Waals surface area contributed by atoms with Crippen LogP contribution in [0.4, 0.5) is 4.39 Å². The maximum Gasteiger partial charge on any atom is 0.165 e. The molecule has 0 saturated carbocycles. The van der Waals surface area contributed by atoms with Crippen molar-refractivity contribution in [1.29, 1.82) is 0 Å². The lowest BCUT2D eigenvalue weighted by Crippen LogP contribution is -2.10. The van der Waals surface area contributed by atoms with Crippen molar-refractivity contribution >= 4 is 0 Å². The molecule has 0 aliphatic rings. The van der Waals surface area contributed by atoms with E-state index >= 15 is 0 Å². The Morgan fingerprint density at radius 1 is 1.31 bits per heavy atom. The molecule has 0 atom stereocenters. The first-order valence-corrected chi connectivity index (χ1v) is 4.89. The predicted octanol–water partition coefficient (Wildman–Crippen LogP) is 1.40. The van der Waals surface area contributed by atoms with E-state index in [4.69, 9.17) is 0 Å². The van der Waals surface area contributed by atoms with E-state index in [0.29, 0.717) is 23.6 Å². The molecule has 4 nitrogen and oxygen atoms in total. The lowest BCUT2D eigenvalue weighted by molar-refractivity contribution is 0.629. The Labute approximate surface area is 92.6 Å². The maximum atomic E-state index is 13.5. The molecule has 0 aliphatic heterocycles. The third-order valence-electron chi connectivity index (χ3n) is 2.09. The van der Waals surface area contributed by atoms with Crippen LogP contribution >= 0.6 is 0 Å². The highest BCUT2D eigenvalue weighted by molar-refractivity contribution is 5.58. The number of hydrogen-bond donors (Lipinski definition) is 1. The molecule has 1 aromatic heterocycles. The van der Waals surface area contributed by atoms with E-state index < -0.39 is 0 Å². The fourth-order valence-corrected chi connectivity index (χ4v) is 1.37. The summed E-state index contributed by atoms with van der Waals surface area (Å²) in [6, 6.07) is 6.47. The normalized spacial score (nSPS) is 10.4. The summed E-state index contributed by atoms with van der Waals surface area (Å²) in [5.41, 5.74) is 0.938. The van der Waals surface area contributed by atoms with Crippen molar-refractivity contribution in [2.24, 2.45) is 0 Å². The molecule has 5 heteroatoms. The van der Waals surface area contributed by atoms with Crippen molar-refractivity contribution in [2.75, 3.05) is 7.05 Å².